The minimum absolute atomic E-state index is 0.691. The molecule has 22 heavy (non-hydrogen) atoms. The molecule has 0 saturated carbocycles. The van der Waals surface area contributed by atoms with Gasteiger partial charge in [-0.2, -0.15) is 0 Å². The molecule has 0 radical (unpaired) electrons. The Balaban J connectivity index is 2.23. The third-order valence-corrected chi connectivity index (χ3v) is 4.88. The summed E-state index contributed by atoms with van der Waals surface area (Å²) >= 11 is 0. The van der Waals surface area contributed by atoms with Crippen molar-refractivity contribution in [1.82, 2.24) is 0 Å². The highest BCUT2D eigenvalue weighted by atomic mass is 14.5. The van der Waals surface area contributed by atoms with Crippen molar-refractivity contribution in [2.24, 2.45) is 5.73 Å². The SMILES string of the molecule is C=C/C(N)=C\C=C(/CC)Cc1ccc2c(c1)C(C)CCC2C. The first-order valence-electron chi connectivity index (χ1n) is 8.45. The van der Waals surface area contributed by atoms with E-state index in [1.165, 1.54) is 24.0 Å². The van der Waals surface area contributed by atoms with Gasteiger partial charge in [0.25, 0.3) is 0 Å². The Bertz CT molecular complexity index is 592. The highest BCUT2D eigenvalue weighted by molar-refractivity contribution is 5.40. The zero-order chi connectivity index (χ0) is 16.1. The molecule has 1 aromatic rings. The van der Waals surface area contributed by atoms with Crippen LogP contribution in [0.5, 0.6) is 0 Å². The van der Waals surface area contributed by atoms with Crippen LogP contribution in [0.15, 0.2) is 54.3 Å². The number of rotatable bonds is 5. The summed E-state index contributed by atoms with van der Waals surface area (Å²) in [6.07, 6.45) is 10.5. The number of allylic oxidation sites excluding steroid dienone is 4. The Labute approximate surface area is 135 Å². The van der Waals surface area contributed by atoms with E-state index in [-0.39, 0.29) is 0 Å². The summed E-state index contributed by atoms with van der Waals surface area (Å²) in [7, 11) is 0. The third-order valence-electron chi connectivity index (χ3n) is 4.88. The van der Waals surface area contributed by atoms with Crippen molar-refractivity contribution in [3.63, 3.8) is 0 Å². The van der Waals surface area contributed by atoms with Crippen LogP contribution >= 0.6 is 0 Å². The molecule has 2 unspecified atom stereocenters. The van der Waals surface area contributed by atoms with E-state index in [0.29, 0.717) is 11.8 Å². The number of fused-ring (bicyclic) bond motifs is 1. The van der Waals surface area contributed by atoms with Crippen LogP contribution in [0.3, 0.4) is 0 Å². The molecule has 2 atom stereocenters. The second kappa shape index (κ2) is 7.49. The predicted octanol–water partition coefficient (Wildman–Crippen LogP) is 5.59. The monoisotopic (exact) mass is 295 g/mol. The van der Waals surface area contributed by atoms with E-state index >= 15 is 0 Å². The number of nitrogens with two attached hydrogens (primary N) is 1. The topological polar surface area (TPSA) is 26.0 Å². The molecule has 0 bridgehead atoms. The van der Waals surface area contributed by atoms with Gasteiger partial charge in [0.2, 0.25) is 0 Å². The van der Waals surface area contributed by atoms with Gasteiger partial charge in [0, 0.05) is 5.70 Å². The van der Waals surface area contributed by atoms with Crippen molar-refractivity contribution in [3.8, 4) is 0 Å². The zero-order valence-corrected chi connectivity index (χ0v) is 14.2. The van der Waals surface area contributed by atoms with Gasteiger partial charge in [-0.1, -0.05) is 57.2 Å². The molecule has 2 N–H and O–H groups in total. The minimum Gasteiger partial charge on any atom is -0.399 e. The van der Waals surface area contributed by atoms with E-state index < -0.39 is 0 Å². The molecule has 2 rings (SSSR count). The number of hydrogen-bond donors (Lipinski definition) is 1. The normalized spacial score (nSPS) is 22.3. The molecule has 1 nitrogen and oxygen atoms in total. The van der Waals surface area contributed by atoms with Crippen LogP contribution in [0.2, 0.25) is 0 Å². The van der Waals surface area contributed by atoms with Gasteiger partial charge in [0.15, 0.2) is 0 Å². The Morgan fingerprint density at radius 3 is 2.50 bits per heavy atom. The molecule has 1 heteroatoms. The third kappa shape index (κ3) is 3.91. The lowest BCUT2D eigenvalue weighted by Gasteiger charge is -2.28. The van der Waals surface area contributed by atoms with Gasteiger partial charge in [-0.3, -0.25) is 0 Å². The first-order chi connectivity index (χ1) is 10.5. The molecule has 0 amide bonds. The summed E-state index contributed by atoms with van der Waals surface area (Å²) in [5.74, 6) is 1.40. The van der Waals surface area contributed by atoms with Gasteiger partial charge in [-0.15, -0.1) is 0 Å². The van der Waals surface area contributed by atoms with Crippen molar-refractivity contribution in [3.05, 3.63) is 71.0 Å². The van der Waals surface area contributed by atoms with Crippen molar-refractivity contribution in [1.29, 1.82) is 0 Å². The average molecular weight is 295 g/mol. The molecule has 0 fully saturated rings. The molecule has 0 heterocycles. The van der Waals surface area contributed by atoms with Gasteiger partial charge in [-0.25, -0.2) is 0 Å². The minimum atomic E-state index is 0.691. The summed E-state index contributed by atoms with van der Waals surface area (Å²) in [6.45, 7) is 10.6. The van der Waals surface area contributed by atoms with Gasteiger partial charge in [0.1, 0.15) is 0 Å². The first kappa shape index (κ1) is 16.6. The zero-order valence-electron chi connectivity index (χ0n) is 14.2. The molecule has 1 aliphatic rings. The molecule has 1 aromatic carbocycles. The van der Waals surface area contributed by atoms with Gasteiger partial charge < -0.3 is 5.73 Å². The maximum atomic E-state index is 5.79. The Morgan fingerprint density at radius 2 is 1.86 bits per heavy atom. The standard InChI is InChI=1S/C21H29N/c1-5-17(9-11-19(22)6-2)13-18-10-12-20-15(3)7-8-16(4)21(20)14-18/h6,9-12,14-16H,2,5,7-8,13,22H2,1,3-4H3/b17-9+,19-11+. The Hall–Kier alpha value is -1.76. The van der Waals surface area contributed by atoms with E-state index in [4.69, 9.17) is 5.73 Å². The second-order valence-electron chi connectivity index (χ2n) is 6.57. The summed E-state index contributed by atoms with van der Waals surface area (Å²) in [5.41, 5.74) is 12.5. The van der Waals surface area contributed by atoms with E-state index in [1.54, 1.807) is 17.2 Å². The van der Waals surface area contributed by atoms with Crippen molar-refractivity contribution in [2.45, 2.75) is 58.3 Å². The van der Waals surface area contributed by atoms with Crippen LogP contribution in [0.4, 0.5) is 0 Å². The molecular formula is C21H29N. The van der Waals surface area contributed by atoms with Crippen molar-refractivity contribution < 1.29 is 0 Å². The van der Waals surface area contributed by atoms with Crippen LogP contribution in [0, 0.1) is 0 Å². The summed E-state index contributed by atoms with van der Waals surface area (Å²) < 4.78 is 0. The van der Waals surface area contributed by atoms with Crippen LogP contribution in [0.1, 0.15) is 68.6 Å². The average Bonchev–Trinajstić information content (AvgIpc) is 2.54. The highest BCUT2D eigenvalue weighted by Gasteiger charge is 2.21. The fourth-order valence-corrected chi connectivity index (χ4v) is 3.27. The Morgan fingerprint density at radius 1 is 1.18 bits per heavy atom. The summed E-state index contributed by atoms with van der Waals surface area (Å²) in [4.78, 5) is 0. The van der Waals surface area contributed by atoms with Crippen LogP contribution in [-0.4, -0.2) is 0 Å². The van der Waals surface area contributed by atoms with E-state index in [9.17, 15) is 0 Å². The van der Waals surface area contributed by atoms with E-state index in [0.717, 1.165) is 18.5 Å². The van der Waals surface area contributed by atoms with Crippen LogP contribution in [-0.2, 0) is 6.42 Å². The summed E-state index contributed by atoms with van der Waals surface area (Å²) in [6, 6.07) is 7.09. The molecule has 0 spiro atoms. The Kier molecular flexibility index (Phi) is 5.65. The molecule has 0 saturated heterocycles. The number of benzene rings is 1. The van der Waals surface area contributed by atoms with Gasteiger partial charge in [-0.05, 0) is 66.4 Å². The molecule has 0 aliphatic heterocycles. The molecular weight excluding hydrogens is 266 g/mol. The lowest BCUT2D eigenvalue weighted by atomic mass is 9.77. The van der Waals surface area contributed by atoms with Crippen molar-refractivity contribution in [2.75, 3.05) is 0 Å². The van der Waals surface area contributed by atoms with Crippen LogP contribution < -0.4 is 5.73 Å². The largest absolute Gasteiger partial charge is 0.399 e. The fraction of sp³-hybridized carbons (Fsp3) is 0.429. The van der Waals surface area contributed by atoms with Gasteiger partial charge in [0.05, 0.1) is 0 Å². The summed E-state index contributed by atoms with van der Waals surface area (Å²) in [5, 5.41) is 0. The van der Waals surface area contributed by atoms with Crippen molar-refractivity contribution >= 4 is 0 Å². The first-order valence-corrected chi connectivity index (χ1v) is 8.45. The lowest BCUT2D eigenvalue weighted by molar-refractivity contribution is 0.527. The lowest BCUT2D eigenvalue weighted by Crippen LogP contribution is -2.11. The van der Waals surface area contributed by atoms with E-state index in [1.807, 2.05) is 6.08 Å². The maximum Gasteiger partial charge on any atom is 0.0308 e. The van der Waals surface area contributed by atoms with Crippen LogP contribution in [0.25, 0.3) is 0 Å². The van der Waals surface area contributed by atoms with Gasteiger partial charge >= 0.3 is 0 Å². The molecule has 0 aromatic heterocycles. The second-order valence-corrected chi connectivity index (χ2v) is 6.57. The maximum absolute atomic E-state index is 5.79. The fourth-order valence-electron chi connectivity index (χ4n) is 3.27. The molecule has 118 valence electrons. The van der Waals surface area contributed by atoms with E-state index in [2.05, 4.69) is 51.6 Å². The highest BCUT2D eigenvalue weighted by Crippen LogP contribution is 2.38. The molecule has 1 aliphatic carbocycles. The quantitative estimate of drug-likeness (QED) is 0.703. The predicted molar refractivity (Wildman–Crippen MR) is 97.1 cm³/mol. The number of hydrogen-bond acceptors (Lipinski definition) is 1. The smallest absolute Gasteiger partial charge is 0.0308 e.